The van der Waals surface area contributed by atoms with Gasteiger partial charge in [-0.3, -0.25) is 4.18 Å². The number of hydrogen-bond donors (Lipinski definition) is 0. The summed E-state index contributed by atoms with van der Waals surface area (Å²) in [5.41, 5.74) is 0.646. The third kappa shape index (κ3) is 5.68. The van der Waals surface area contributed by atoms with Gasteiger partial charge in [0.2, 0.25) is 6.17 Å². The zero-order valence-corrected chi connectivity index (χ0v) is 16.7. The summed E-state index contributed by atoms with van der Waals surface area (Å²) in [7, 11) is -3.71. The Labute approximate surface area is 152 Å². The molecular formula is C16H27F3O6S. The van der Waals surface area contributed by atoms with Gasteiger partial charge in [0.1, 0.15) is 6.61 Å². The highest BCUT2D eigenvalue weighted by molar-refractivity contribution is 7.87. The van der Waals surface area contributed by atoms with E-state index < -0.39 is 39.7 Å². The molecule has 0 saturated carbocycles. The van der Waals surface area contributed by atoms with Crippen molar-refractivity contribution in [3.63, 3.8) is 0 Å². The fourth-order valence-electron chi connectivity index (χ4n) is 2.04. The van der Waals surface area contributed by atoms with Gasteiger partial charge < -0.3 is 9.47 Å². The van der Waals surface area contributed by atoms with Crippen LogP contribution in [0.1, 0.15) is 47.0 Å². The number of allylic oxidation sites excluding steroid dienone is 2. The first kappa shape index (κ1) is 24.9. The number of carbonyl (C=O) groups excluding carboxylic acids is 1. The third-order valence-electron chi connectivity index (χ3n) is 4.37. The van der Waals surface area contributed by atoms with Crippen LogP contribution in [0.2, 0.25) is 0 Å². The van der Waals surface area contributed by atoms with Gasteiger partial charge in [0.25, 0.3) is 0 Å². The highest BCUT2D eigenvalue weighted by Gasteiger charge is 2.55. The van der Waals surface area contributed by atoms with Gasteiger partial charge in [0.05, 0.1) is 7.11 Å². The summed E-state index contributed by atoms with van der Waals surface area (Å²) >= 11 is 0. The van der Waals surface area contributed by atoms with E-state index in [1.807, 2.05) is 20.8 Å². The minimum atomic E-state index is -5.46. The molecule has 0 spiro atoms. The Morgan fingerprint density at radius 1 is 1.15 bits per heavy atom. The predicted molar refractivity (Wildman–Crippen MR) is 90.0 cm³/mol. The Morgan fingerprint density at radius 2 is 1.69 bits per heavy atom. The molecular weight excluding hydrogens is 377 g/mol. The molecule has 0 aliphatic heterocycles. The second-order valence-corrected chi connectivity index (χ2v) is 7.87. The van der Waals surface area contributed by atoms with Crippen LogP contribution in [0.4, 0.5) is 13.2 Å². The standard InChI is InChI=1S/C16H27F3O6S/c1-7-15(23-5,9-8-12(4)11(2)3)14(20)25-10-13(17)16(18,19)26(21,22)24-6/h13H,7-10H2,1-6H3. The van der Waals surface area contributed by atoms with E-state index in [9.17, 15) is 26.4 Å². The monoisotopic (exact) mass is 404 g/mol. The minimum Gasteiger partial charge on any atom is -0.460 e. The average Bonchev–Trinajstić information content (AvgIpc) is 2.59. The molecule has 0 aromatic heterocycles. The lowest BCUT2D eigenvalue weighted by molar-refractivity contribution is -0.175. The fraction of sp³-hybridized carbons (Fsp3) is 0.812. The smallest absolute Gasteiger partial charge is 0.403 e. The van der Waals surface area contributed by atoms with E-state index in [-0.39, 0.29) is 12.8 Å². The topological polar surface area (TPSA) is 78.9 Å². The maximum absolute atomic E-state index is 13.7. The van der Waals surface area contributed by atoms with Gasteiger partial charge in [-0.15, -0.1) is 0 Å². The molecule has 0 amide bonds. The molecule has 154 valence electrons. The quantitative estimate of drug-likeness (QED) is 0.298. The van der Waals surface area contributed by atoms with Gasteiger partial charge >= 0.3 is 21.3 Å². The summed E-state index contributed by atoms with van der Waals surface area (Å²) in [4.78, 5) is 12.3. The number of hydrogen-bond acceptors (Lipinski definition) is 6. The van der Waals surface area contributed by atoms with Crippen molar-refractivity contribution in [3.05, 3.63) is 11.1 Å². The average molecular weight is 404 g/mol. The molecule has 2 unspecified atom stereocenters. The van der Waals surface area contributed by atoms with Gasteiger partial charge in [0.15, 0.2) is 5.60 Å². The van der Waals surface area contributed by atoms with Crippen LogP contribution in [0, 0.1) is 0 Å². The highest BCUT2D eigenvalue weighted by atomic mass is 32.2. The summed E-state index contributed by atoms with van der Waals surface area (Å²) in [5, 5.41) is -4.84. The van der Waals surface area contributed by atoms with E-state index in [2.05, 4.69) is 8.92 Å². The lowest BCUT2D eigenvalue weighted by atomic mass is 9.91. The molecule has 0 bridgehead atoms. The largest absolute Gasteiger partial charge is 0.460 e. The van der Waals surface area contributed by atoms with Gasteiger partial charge in [-0.2, -0.15) is 17.2 Å². The Morgan fingerprint density at radius 3 is 2.08 bits per heavy atom. The second kappa shape index (κ2) is 9.70. The van der Waals surface area contributed by atoms with Crippen LogP contribution in [0.15, 0.2) is 11.1 Å². The molecule has 0 aromatic carbocycles. The molecule has 0 radical (unpaired) electrons. The van der Waals surface area contributed by atoms with Crippen molar-refractivity contribution in [2.24, 2.45) is 0 Å². The van der Waals surface area contributed by atoms with Crippen LogP contribution in [0.3, 0.4) is 0 Å². The number of halogens is 3. The van der Waals surface area contributed by atoms with Crippen LogP contribution < -0.4 is 0 Å². The molecule has 26 heavy (non-hydrogen) atoms. The first-order chi connectivity index (χ1) is 11.8. The molecule has 0 heterocycles. The molecule has 0 aromatic rings. The number of carbonyl (C=O) groups is 1. The molecule has 0 N–H and O–H groups in total. The molecule has 6 nitrogen and oxygen atoms in total. The molecule has 0 saturated heterocycles. The van der Waals surface area contributed by atoms with Crippen molar-refractivity contribution in [3.8, 4) is 0 Å². The van der Waals surface area contributed by atoms with Crippen LogP contribution in [0.5, 0.6) is 0 Å². The lowest BCUT2D eigenvalue weighted by Crippen LogP contribution is -2.46. The maximum Gasteiger partial charge on any atom is 0.403 e. The first-order valence-corrected chi connectivity index (χ1v) is 9.39. The van der Waals surface area contributed by atoms with Crippen molar-refractivity contribution in [2.75, 3.05) is 20.8 Å². The number of rotatable bonds is 11. The summed E-state index contributed by atoms with van der Waals surface area (Å²) < 4.78 is 76.4. The van der Waals surface area contributed by atoms with Crippen LogP contribution in [-0.4, -0.2) is 52.2 Å². The molecule has 0 aliphatic carbocycles. The number of esters is 1. The minimum absolute atomic E-state index is 0.169. The van der Waals surface area contributed by atoms with Crippen LogP contribution >= 0.6 is 0 Å². The molecule has 0 fully saturated rings. The Balaban J connectivity index is 5.16. The van der Waals surface area contributed by atoms with E-state index in [4.69, 9.17) is 4.74 Å². The molecule has 0 aliphatic rings. The van der Waals surface area contributed by atoms with Crippen LogP contribution in [0.25, 0.3) is 0 Å². The van der Waals surface area contributed by atoms with E-state index in [0.29, 0.717) is 13.5 Å². The summed E-state index contributed by atoms with van der Waals surface area (Å²) in [5.74, 6) is -1.03. The lowest BCUT2D eigenvalue weighted by Gasteiger charge is -2.30. The van der Waals surface area contributed by atoms with Crippen molar-refractivity contribution in [2.45, 2.75) is 64.0 Å². The maximum atomic E-state index is 13.7. The zero-order chi connectivity index (χ0) is 20.8. The highest BCUT2D eigenvalue weighted by Crippen LogP contribution is 2.31. The van der Waals surface area contributed by atoms with Gasteiger partial charge in [-0.1, -0.05) is 18.1 Å². The van der Waals surface area contributed by atoms with E-state index in [1.54, 1.807) is 6.92 Å². The van der Waals surface area contributed by atoms with Crippen molar-refractivity contribution < 1.29 is 40.0 Å². The van der Waals surface area contributed by atoms with Crippen molar-refractivity contribution in [1.29, 1.82) is 0 Å². The third-order valence-corrected chi connectivity index (χ3v) is 5.73. The fourth-order valence-corrected chi connectivity index (χ4v) is 2.64. The van der Waals surface area contributed by atoms with Crippen molar-refractivity contribution in [1.82, 2.24) is 0 Å². The van der Waals surface area contributed by atoms with E-state index in [1.165, 1.54) is 7.11 Å². The predicted octanol–water partition coefficient (Wildman–Crippen LogP) is 3.37. The molecule has 10 heteroatoms. The molecule has 0 rings (SSSR count). The summed E-state index contributed by atoms with van der Waals surface area (Å²) in [6, 6.07) is 0. The Kier molecular flexibility index (Phi) is 9.28. The van der Waals surface area contributed by atoms with E-state index >= 15 is 0 Å². The Hall–Kier alpha value is -1.13. The van der Waals surface area contributed by atoms with Gasteiger partial charge in [-0.25, -0.2) is 9.18 Å². The van der Waals surface area contributed by atoms with Gasteiger partial charge in [0, 0.05) is 7.11 Å². The number of methoxy groups -OCH3 is 1. The Bertz CT molecular complexity index is 607. The number of ether oxygens (including phenoxy) is 2. The summed E-state index contributed by atoms with van der Waals surface area (Å²) in [6.45, 7) is 5.88. The zero-order valence-electron chi connectivity index (χ0n) is 15.9. The number of alkyl halides is 3. The van der Waals surface area contributed by atoms with E-state index in [0.717, 1.165) is 11.1 Å². The first-order valence-electron chi connectivity index (χ1n) is 7.98. The van der Waals surface area contributed by atoms with Crippen molar-refractivity contribution >= 4 is 16.1 Å². The summed E-state index contributed by atoms with van der Waals surface area (Å²) in [6.07, 6.45) is -2.41. The molecule has 2 atom stereocenters. The van der Waals surface area contributed by atoms with Crippen LogP contribution in [-0.2, 0) is 28.6 Å². The van der Waals surface area contributed by atoms with Gasteiger partial charge in [-0.05, 0) is 40.0 Å². The SMILES string of the molecule is CCC(CCC(C)=C(C)C)(OC)C(=O)OCC(F)C(F)(F)S(=O)(=O)OC. The normalized spacial score (nSPS) is 15.9. The second-order valence-electron chi connectivity index (χ2n) is 6.08.